The van der Waals surface area contributed by atoms with E-state index in [2.05, 4.69) is 4.98 Å². The van der Waals surface area contributed by atoms with E-state index in [-0.39, 0.29) is 5.75 Å². The van der Waals surface area contributed by atoms with Crippen molar-refractivity contribution in [2.45, 2.75) is 6.61 Å². The fraction of sp³-hybridized carbons (Fsp3) is 0.182. The van der Waals surface area contributed by atoms with Crippen LogP contribution in [0.3, 0.4) is 0 Å². The first-order chi connectivity index (χ1) is 7.29. The lowest BCUT2D eigenvalue weighted by atomic mass is 10.2. The van der Waals surface area contributed by atoms with Crippen molar-refractivity contribution in [1.82, 2.24) is 4.98 Å². The van der Waals surface area contributed by atoms with Gasteiger partial charge in [-0.1, -0.05) is 0 Å². The van der Waals surface area contributed by atoms with Gasteiger partial charge in [0.15, 0.2) is 0 Å². The number of aromatic nitrogens is 1. The molecule has 0 aliphatic heterocycles. The summed E-state index contributed by atoms with van der Waals surface area (Å²) in [5, 5.41) is 12.1. The lowest BCUT2D eigenvalue weighted by molar-refractivity contribution is 0.182. The van der Waals surface area contributed by atoms with Crippen molar-refractivity contribution in [3.05, 3.63) is 35.3 Å². The van der Waals surface area contributed by atoms with Crippen LogP contribution in [-0.4, -0.2) is 17.2 Å². The number of nitrogens with zero attached hydrogens (tertiary/aromatic N) is 1. The van der Waals surface area contributed by atoms with E-state index in [4.69, 9.17) is 9.84 Å². The first-order valence-corrected chi connectivity index (χ1v) is 5.40. The lowest BCUT2D eigenvalue weighted by Gasteiger charge is -1.96. The average Bonchev–Trinajstić information content (AvgIpc) is 2.68. The molecule has 4 heteroatoms. The number of aromatic hydroxyl groups is 1. The van der Waals surface area contributed by atoms with Gasteiger partial charge in [-0.2, -0.15) is 0 Å². The van der Waals surface area contributed by atoms with Crippen molar-refractivity contribution < 1.29 is 9.84 Å². The van der Waals surface area contributed by atoms with Gasteiger partial charge in [-0.05, 0) is 24.3 Å². The second kappa shape index (κ2) is 4.42. The topological polar surface area (TPSA) is 42.4 Å². The minimum atomic E-state index is 0.271. The Morgan fingerprint density at radius 1 is 1.33 bits per heavy atom. The summed E-state index contributed by atoms with van der Waals surface area (Å²) >= 11 is 1.58. The van der Waals surface area contributed by atoms with Gasteiger partial charge in [-0.25, -0.2) is 4.98 Å². The Labute approximate surface area is 92.0 Å². The van der Waals surface area contributed by atoms with Crippen LogP contribution >= 0.6 is 11.3 Å². The summed E-state index contributed by atoms with van der Waals surface area (Å²) in [4.78, 5) is 4.41. The molecule has 0 atom stereocenters. The number of phenolic OH excluding ortho intramolecular Hbond substituents is 1. The van der Waals surface area contributed by atoms with Crippen LogP contribution < -0.4 is 0 Å². The average molecular weight is 221 g/mol. The fourth-order valence-corrected chi connectivity index (χ4v) is 2.07. The third kappa shape index (κ3) is 2.34. The first-order valence-electron chi connectivity index (χ1n) is 4.52. The Balaban J connectivity index is 2.25. The molecule has 3 nitrogen and oxygen atoms in total. The summed E-state index contributed by atoms with van der Waals surface area (Å²) in [5.74, 6) is 0.271. The summed E-state index contributed by atoms with van der Waals surface area (Å²) in [5.41, 5.74) is 1.95. The van der Waals surface area contributed by atoms with Crippen molar-refractivity contribution in [2.24, 2.45) is 0 Å². The molecule has 1 aromatic carbocycles. The van der Waals surface area contributed by atoms with Crippen molar-refractivity contribution >= 4 is 11.3 Å². The highest BCUT2D eigenvalue weighted by atomic mass is 32.1. The number of hydrogen-bond acceptors (Lipinski definition) is 4. The molecule has 0 saturated heterocycles. The SMILES string of the molecule is COCc1csc(-c2ccc(O)cc2)n1. The third-order valence-electron chi connectivity index (χ3n) is 1.96. The van der Waals surface area contributed by atoms with Gasteiger partial charge >= 0.3 is 0 Å². The van der Waals surface area contributed by atoms with Crippen LogP contribution in [0, 0.1) is 0 Å². The molecule has 0 radical (unpaired) electrons. The van der Waals surface area contributed by atoms with E-state index in [1.807, 2.05) is 17.5 Å². The van der Waals surface area contributed by atoms with Crippen LogP contribution in [-0.2, 0) is 11.3 Å². The summed E-state index contributed by atoms with van der Waals surface area (Å²) < 4.78 is 5.00. The largest absolute Gasteiger partial charge is 0.508 e. The highest BCUT2D eigenvalue weighted by Gasteiger charge is 2.04. The molecule has 0 unspecified atom stereocenters. The zero-order chi connectivity index (χ0) is 10.7. The Kier molecular flexibility index (Phi) is 2.99. The second-order valence-corrected chi connectivity index (χ2v) is 3.98. The zero-order valence-electron chi connectivity index (χ0n) is 8.30. The number of hydrogen-bond donors (Lipinski definition) is 1. The zero-order valence-corrected chi connectivity index (χ0v) is 9.12. The molecule has 0 saturated carbocycles. The molecule has 2 aromatic rings. The summed E-state index contributed by atoms with van der Waals surface area (Å²) in [6.45, 7) is 0.536. The Morgan fingerprint density at radius 3 is 2.73 bits per heavy atom. The molecule has 78 valence electrons. The quantitative estimate of drug-likeness (QED) is 0.866. The number of ether oxygens (including phenoxy) is 1. The van der Waals surface area contributed by atoms with E-state index in [1.165, 1.54) is 0 Å². The van der Waals surface area contributed by atoms with Gasteiger partial charge in [0.05, 0.1) is 12.3 Å². The molecule has 1 heterocycles. The molecule has 0 bridgehead atoms. The van der Waals surface area contributed by atoms with Crippen molar-refractivity contribution in [3.8, 4) is 16.3 Å². The summed E-state index contributed by atoms with van der Waals surface area (Å²) in [6.07, 6.45) is 0. The predicted octanol–water partition coefficient (Wildman–Crippen LogP) is 2.66. The van der Waals surface area contributed by atoms with E-state index in [9.17, 15) is 0 Å². The number of benzene rings is 1. The summed E-state index contributed by atoms with van der Waals surface area (Å²) in [7, 11) is 1.65. The van der Waals surface area contributed by atoms with Gasteiger partial charge < -0.3 is 9.84 Å². The molecule has 1 N–H and O–H groups in total. The number of phenols is 1. The Hall–Kier alpha value is -1.39. The monoisotopic (exact) mass is 221 g/mol. The van der Waals surface area contributed by atoms with Crippen molar-refractivity contribution in [1.29, 1.82) is 0 Å². The van der Waals surface area contributed by atoms with Crippen LogP contribution in [0.4, 0.5) is 0 Å². The van der Waals surface area contributed by atoms with Gasteiger partial charge in [0.1, 0.15) is 10.8 Å². The molecule has 2 rings (SSSR count). The minimum Gasteiger partial charge on any atom is -0.508 e. The van der Waals surface area contributed by atoms with E-state index in [1.54, 1.807) is 30.6 Å². The van der Waals surface area contributed by atoms with E-state index in [0.29, 0.717) is 6.61 Å². The maximum absolute atomic E-state index is 9.16. The van der Waals surface area contributed by atoms with Crippen molar-refractivity contribution in [2.75, 3.05) is 7.11 Å². The number of methoxy groups -OCH3 is 1. The van der Waals surface area contributed by atoms with Crippen LogP contribution in [0.2, 0.25) is 0 Å². The number of rotatable bonds is 3. The van der Waals surface area contributed by atoms with E-state index in [0.717, 1.165) is 16.3 Å². The highest BCUT2D eigenvalue weighted by Crippen LogP contribution is 2.25. The normalized spacial score (nSPS) is 10.5. The van der Waals surface area contributed by atoms with E-state index >= 15 is 0 Å². The van der Waals surface area contributed by atoms with Crippen LogP contribution in [0.25, 0.3) is 10.6 Å². The molecule has 15 heavy (non-hydrogen) atoms. The maximum atomic E-state index is 9.16. The number of thiazole rings is 1. The third-order valence-corrected chi connectivity index (χ3v) is 2.90. The van der Waals surface area contributed by atoms with Crippen LogP contribution in [0.5, 0.6) is 5.75 Å². The first kappa shape index (κ1) is 10.1. The fourth-order valence-electron chi connectivity index (χ4n) is 1.26. The minimum absolute atomic E-state index is 0.271. The standard InChI is InChI=1S/C11H11NO2S/c1-14-6-9-7-15-11(12-9)8-2-4-10(13)5-3-8/h2-5,7,13H,6H2,1H3. The predicted molar refractivity (Wildman–Crippen MR) is 59.9 cm³/mol. The highest BCUT2D eigenvalue weighted by molar-refractivity contribution is 7.13. The lowest BCUT2D eigenvalue weighted by Crippen LogP contribution is -1.86. The Bertz CT molecular complexity index is 436. The van der Waals surface area contributed by atoms with Gasteiger partial charge in [0, 0.05) is 18.1 Å². The maximum Gasteiger partial charge on any atom is 0.123 e. The van der Waals surface area contributed by atoms with Gasteiger partial charge in [0.2, 0.25) is 0 Å². The Morgan fingerprint density at radius 2 is 2.07 bits per heavy atom. The van der Waals surface area contributed by atoms with Gasteiger partial charge in [0.25, 0.3) is 0 Å². The van der Waals surface area contributed by atoms with Gasteiger partial charge in [-0.15, -0.1) is 11.3 Å². The molecule has 0 aliphatic carbocycles. The molecule has 1 aromatic heterocycles. The van der Waals surface area contributed by atoms with Crippen molar-refractivity contribution in [3.63, 3.8) is 0 Å². The molecule has 0 amide bonds. The molecule has 0 spiro atoms. The molecule has 0 aliphatic rings. The van der Waals surface area contributed by atoms with Crippen LogP contribution in [0.1, 0.15) is 5.69 Å². The van der Waals surface area contributed by atoms with Gasteiger partial charge in [-0.3, -0.25) is 0 Å². The smallest absolute Gasteiger partial charge is 0.123 e. The molecule has 0 fully saturated rings. The summed E-state index contributed by atoms with van der Waals surface area (Å²) in [6, 6.07) is 7.02. The molecular weight excluding hydrogens is 210 g/mol. The van der Waals surface area contributed by atoms with Crippen LogP contribution in [0.15, 0.2) is 29.6 Å². The second-order valence-electron chi connectivity index (χ2n) is 3.12. The molecular formula is C11H11NO2S. The van der Waals surface area contributed by atoms with E-state index < -0.39 is 0 Å².